The summed E-state index contributed by atoms with van der Waals surface area (Å²) in [6.07, 6.45) is 1.09. The lowest BCUT2D eigenvalue weighted by molar-refractivity contribution is -0.156. The molecule has 5 heteroatoms. The lowest BCUT2D eigenvalue weighted by Gasteiger charge is -2.24. The standard InChI is InChI=1S/C26H33NO4/c1-19(25-29-17-18-30-25)15-16-22(24(28)31-26(2,3)4)27-23(20-11-7-5-8-12-20)21-13-9-6-10-14-21/h5-14,19,22,25H,15-18H2,1-4H3/t19?,22-/m1/s1. The zero-order chi connectivity index (χ0) is 22.3. The third kappa shape index (κ3) is 7.01. The number of benzene rings is 2. The third-order valence-electron chi connectivity index (χ3n) is 5.07. The van der Waals surface area contributed by atoms with Crippen molar-refractivity contribution >= 4 is 11.7 Å². The number of hydrogen-bond donors (Lipinski definition) is 0. The molecule has 0 spiro atoms. The summed E-state index contributed by atoms with van der Waals surface area (Å²) in [5, 5.41) is 0. The highest BCUT2D eigenvalue weighted by Gasteiger charge is 2.29. The van der Waals surface area contributed by atoms with E-state index in [0.717, 1.165) is 23.3 Å². The largest absolute Gasteiger partial charge is 0.458 e. The van der Waals surface area contributed by atoms with Gasteiger partial charge in [0.1, 0.15) is 11.6 Å². The first-order valence-corrected chi connectivity index (χ1v) is 11.0. The number of carbonyl (C=O) groups excluding carboxylic acids is 1. The van der Waals surface area contributed by atoms with Gasteiger partial charge in [-0.2, -0.15) is 0 Å². The van der Waals surface area contributed by atoms with Crippen molar-refractivity contribution in [3.05, 3.63) is 71.8 Å². The van der Waals surface area contributed by atoms with Crippen LogP contribution in [0.1, 0.15) is 51.7 Å². The summed E-state index contributed by atoms with van der Waals surface area (Å²) in [6.45, 7) is 8.96. The van der Waals surface area contributed by atoms with Crippen LogP contribution < -0.4 is 0 Å². The molecule has 1 unspecified atom stereocenters. The van der Waals surface area contributed by atoms with Gasteiger partial charge in [-0.25, -0.2) is 4.79 Å². The second kappa shape index (κ2) is 10.7. The van der Waals surface area contributed by atoms with Gasteiger partial charge in [0, 0.05) is 17.0 Å². The molecule has 31 heavy (non-hydrogen) atoms. The molecule has 0 amide bonds. The maximum absolute atomic E-state index is 13.1. The summed E-state index contributed by atoms with van der Waals surface area (Å²) in [5.41, 5.74) is 2.15. The SMILES string of the molecule is CC(CC[C@@H](N=C(c1ccccc1)c1ccccc1)C(=O)OC(C)(C)C)C1OCCO1. The molecule has 1 heterocycles. The highest BCUT2D eigenvalue weighted by atomic mass is 16.7. The van der Waals surface area contributed by atoms with Gasteiger partial charge in [-0.3, -0.25) is 4.99 Å². The Bertz CT molecular complexity index is 810. The van der Waals surface area contributed by atoms with Gasteiger partial charge in [0.25, 0.3) is 0 Å². The minimum Gasteiger partial charge on any atom is -0.458 e. The number of carbonyl (C=O) groups is 1. The van der Waals surface area contributed by atoms with Gasteiger partial charge in [0.15, 0.2) is 6.29 Å². The van der Waals surface area contributed by atoms with E-state index in [2.05, 4.69) is 6.92 Å². The lowest BCUT2D eigenvalue weighted by Crippen LogP contribution is -2.32. The fourth-order valence-corrected chi connectivity index (χ4v) is 3.53. The molecule has 0 aliphatic carbocycles. The van der Waals surface area contributed by atoms with Gasteiger partial charge in [-0.15, -0.1) is 0 Å². The molecule has 2 aromatic carbocycles. The molecule has 1 saturated heterocycles. The third-order valence-corrected chi connectivity index (χ3v) is 5.07. The van der Waals surface area contributed by atoms with Crippen molar-refractivity contribution < 1.29 is 19.0 Å². The Kier molecular flexibility index (Phi) is 7.99. The molecule has 0 radical (unpaired) electrons. The van der Waals surface area contributed by atoms with Crippen LogP contribution in [0.25, 0.3) is 0 Å². The van der Waals surface area contributed by atoms with Gasteiger partial charge in [-0.05, 0) is 33.6 Å². The first-order valence-electron chi connectivity index (χ1n) is 11.0. The first kappa shape index (κ1) is 23.2. The molecule has 166 valence electrons. The molecular weight excluding hydrogens is 390 g/mol. The van der Waals surface area contributed by atoms with E-state index in [1.54, 1.807) is 0 Å². The molecule has 0 saturated carbocycles. The van der Waals surface area contributed by atoms with E-state index in [0.29, 0.717) is 19.6 Å². The number of hydrogen-bond acceptors (Lipinski definition) is 5. The Labute approximate surface area is 185 Å². The quantitative estimate of drug-likeness (QED) is 0.442. The predicted octanol–water partition coefficient (Wildman–Crippen LogP) is 5.02. The van der Waals surface area contributed by atoms with Crippen molar-refractivity contribution in [1.82, 2.24) is 0 Å². The summed E-state index contributed by atoms with van der Waals surface area (Å²) in [4.78, 5) is 18.1. The van der Waals surface area contributed by atoms with Crippen LogP contribution in [0, 0.1) is 5.92 Å². The molecule has 0 bridgehead atoms. The predicted molar refractivity (Wildman–Crippen MR) is 122 cm³/mol. The molecule has 1 aliphatic rings. The Balaban J connectivity index is 1.90. The minimum absolute atomic E-state index is 0.166. The van der Waals surface area contributed by atoms with Crippen molar-refractivity contribution in [2.45, 2.75) is 58.5 Å². The molecule has 2 atom stereocenters. The second-order valence-electron chi connectivity index (χ2n) is 8.92. The molecular formula is C26H33NO4. The molecule has 0 N–H and O–H groups in total. The zero-order valence-electron chi connectivity index (χ0n) is 18.9. The Morgan fingerprint density at radius 1 is 0.968 bits per heavy atom. The summed E-state index contributed by atoms with van der Waals surface area (Å²) < 4.78 is 17.0. The van der Waals surface area contributed by atoms with Crippen LogP contribution >= 0.6 is 0 Å². The average Bonchev–Trinajstić information content (AvgIpc) is 3.29. The topological polar surface area (TPSA) is 57.1 Å². The fourth-order valence-electron chi connectivity index (χ4n) is 3.53. The molecule has 5 nitrogen and oxygen atoms in total. The van der Waals surface area contributed by atoms with Crippen molar-refractivity contribution in [1.29, 1.82) is 0 Å². The summed E-state index contributed by atoms with van der Waals surface area (Å²) in [5.74, 6) is -0.142. The van der Waals surface area contributed by atoms with Crippen molar-refractivity contribution in [3.63, 3.8) is 0 Å². The number of nitrogens with zero attached hydrogens (tertiary/aromatic N) is 1. The van der Waals surface area contributed by atoms with Crippen molar-refractivity contribution in [2.24, 2.45) is 10.9 Å². The molecule has 2 aromatic rings. The second-order valence-corrected chi connectivity index (χ2v) is 8.92. The smallest absolute Gasteiger partial charge is 0.331 e. The average molecular weight is 424 g/mol. The van der Waals surface area contributed by atoms with E-state index >= 15 is 0 Å². The van der Waals surface area contributed by atoms with E-state index in [9.17, 15) is 4.79 Å². The Morgan fingerprint density at radius 3 is 1.97 bits per heavy atom. The van der Waals surface area contributed by atoms with Crippen molar-refractivity contribution in [2.75, 3.05) is 13.2 Å². The normalized spacial score (nSPS) is 16.5. The van der Waals surface area contributed by atoms with Gasteiger partial charge in [0.2, 0.25) is 0 Å². The summed E-state index contributed by atoms with van der Waals surface area (Å²) in [6, 6.07) is 19.3. The number of aliphatic imine (C=N–C) groups is 1. The van der Waals surface area contributed by atoms with Crippen LogP contribution in [-0.4, -0.2) is 42.8 Å². The van der Waals surface area contributed by atoms with Crippen LogP contribution in [0.5, 0.6) is 0 Å². The van der Waals surface area contributed by atoms with Crippen LogP contribution in [0.2, 0.25) is 0 Å². The van der Waals surface area contributed by atoms with E-state index < -0.39 is 11.6 Å². The lowest BCUT2D eigenvalue weighted by atomic mass is 9.99. The fraction of sp³-hybridized carbons (Fsp3) is 0.462. The Hall–Kier alpha value is -2.50. The van der Waals surface area contributed by atoms with E-state index in [-0.39, 0.29) is 18.2 Å². The maximum atomic E-state index is 13.1. The number of rotatable bonds is 8. The van der Waals surface area contributed by atoms with Crippen LogP contribution in [0.4, 0.5) is 0 Å². The van der Waals surface area contributed by atoms with E-state index in [1.807, 2.05) is 81.4 Å². The van der Waals surface area contributed by atoms with Crippen LogP contribution in [-0.2, 0) is 19.0 Å². The zero-order valence-corrected chi connectivity index (χ0v) is 18.9. The van der Waals surface area contributed by atoms with Crippen LogP contribution in [0.15, 0.2) is 65.7 Å². The molecule has 3 rings (SSSR count). The minimum atomic E-state index is -0.613. The maximum Gasteiger partial charge on any atom is 0.331 e. The van der Waals surface area contributed by atoms with Crippen LogP contribution in [0.3, 0.4) is 0 Å². The highest BCUT2D eigenvalue weighted by molar-refractivity contribution is 6.13. The highest BCUT2D eigenvalue weighted by Crippen LogP contribution is 2.23. The van der Waals surface area contributed by atoms with Gasteiger partial charge in [0.05, 0.1) is 18.9 Å². The molecule has 0 aromatic heterocycles. The van der Waals surface area contributed by atoms with Gasteiger partial charge in [-0.1, -0.05) is 67.6 Å². The van der Waals surface area contributed by atoms with E-state index in [4.69, 9.17) is 19.2 Å². The molecule has 1 aliphatic heterocycles. The Morgan fingerprint density at radius 2 is 1.48 bits per heavy atom. The number of esters is 1. The first-order chi connectivity index (χ1) is 14.8. The number of ether oxygens (including phenoxy) is 3. The summed E-state index contributed by atoms with van der Waals surface area (Å²) >= 11 is 0. The van der Waals surface area contributed by atoms with Gasteiger partial charge >= 0.3 is 5.97 Å². The van der Waals surface area contributed by atoms with E-state index in [1.165, 1.54) is 0 Å². The molecule has 1 fully saturated rings. The summed E-state index contributed by atoms with van der Waals surface area (Å²) in [7, 11) is 0. The monoisotopic (exact) mass is 423 g/mol. The van der Waals surface area contributed by atoms with Gasteiger partial charge < -0.3 is 14.2 Å². The van der Waals surface area contributed by atoms with Crippen molar-refractivity contribution in [3.8, 4) is 0 Å².